The maximum Gasteiger partial charge on any atom is 0.142 e. The first-order valence-corrected chi connectivity index (χ1v) is 17.3. The van der Waals surface area contributed by atoms with Crippen molar-refractivity contribution in [3.8, 4) is 34.4 Å². The SMILES string of the molecule is Cc1c(COc2cc(OCc3cncc(C#N)c3)c(CNC(CO)CO)cc2Cl)cccc1-c1cccc(OCCCN(C)CC(O)CO)c1Cl. The van der Waals surface area contributed by atoms with Crippen molar-refractivity contribution in [1.29, 1.82) is 5.26 Å². The van der Waals surface area contributed by atoms with Crippen molar-refractivity contribution in [2.75, 3.05) is 46.6 Å². The molecule has 0 saturated carbocycles. The maximum absolute atomic E-state index is 9.64. The highest BCUT2D eigenvalue weighted by Crippen LogP contribution is 2.38. The standard InChI is InChI=1S/C38H44Cl2N4O7/c1-25-28(6-3-7-32(25)33-8-4-9-35(38(33)40)49-11-5-10-44(2)19-31(48)22-47)24-51-37-14-36(50-23-27-12-26(15-41)16-42-17-27)29(13-34(37)39)18-43-30(20-45)21-46/h3-4,6-9,12-14,16-17,30-31,43,45-48H,5,10-11,18-24H2,1-2H3. The average Bonchev–Trinajstić information content (AvgIpc) is 3.14. The molecule has 0 aliphatic carbocycles. The van der Waals surface area contributed by atoms with Crippen molar-refractivity contribution in [3.05, 3.63) is 105 Å². The molecule has 0 radical (unpaired) electrons. The molecule has 0 aliphatic heterocycles. The number of likely N-dealkylation sites (N-methyl/N-ethyl adjacent to an activating group) is 1. The number of aromatic nitrogens is 1. The number of benzene rings is 3. The van der Waals surface area contributed by atoms with Crippen molar-refractivity contribution >= 4 is 23.2 Å². The molecule has 272 valence electrons. The number of nitrogens with zero attached hydrogens (tertiary/aromatic N) is 3. The smallest absolute Gasteiger partial charge is 0.142 e. The molecule has 1 aromatic heterocycles. The van der Waals surface area contributed by atoms with E-state index >= 15 is 0 Å². The van der Waals surface area contributed by atoms with Crippen LogP contribution in [-0.4, -0.2) is 89.0 Å². The number of hydrogen-bond acceptors (Lipinski definition) is 11. The van der Waals surface area contributed by atoms with Crippen LogP contribution in [0.5, 0.6) is 17.2 Å². The summed E-state index contributed by atoms with van der Waals surface area (Å²) in [7, 11) is 1.88. The summed E-state index contributed by atoms with van der Waals surface area (Å²) < 4.78 is 18.4. The zero-order valence-electron chi connectivity index (χ0n) is 28.7. The van der Waals surface area contributed by atoms with Crippen molar-refractivity contribution in [3.63, 3.8) is 0 Å². The van der Waals surface area contributed by atoms with Crippen LogP contribution in [0.1, 0.15) is 34.2 Å². The van der Waals surface area contributed by atoms with Gasteiger partial charge < -0.3 is 44.9 Å². The Labute approximate surface area is 308 Å². The van der Waals surface area contributed by atoms with Crippen LogP contribution in [0.3, 0.4) is 0 Å². The fourth-order valence-corrected chi connectivity index (χ4v) is 5.85. The van der Waals surface area contributed by atoms with E-state index in [4.69, 9.17) is 42.5 Å². The second-order valence-electron chi connectivity index (χ2n) is 12.1. The third kappa shape index (κ3) is 11.5. The molecule has 0 aliphatic rings. The lowest BCUT2D eigenvalue weighted by atomic mass is 9.96. The lowest BCUT2D eigenvalue weighted by molar-refractivity contribution is 0.0653. The normalized spacial score (nSPS) is 11.9. The summed E-state index contributed by atoms with van der Waals surface area (Å²) in [6.45, 7) is 3.34. The minimum Gasteiger partial charge on any atom is -0.492 e. The van der Waals surface area contributed by atoms with Crippen molar-refractivity contribution in [2.24, 2.45) is 0 Å². The number of aliphatic hydroxyl groups is 4. The molecule has 0 bridgehead atoms. The molecule has 11 nitrogen and oxygen atoms in total. The minimum absolute atomic E-state index is 0.135. The van der Waals surface area contributed by atoms with E-state index in [1.54, 1.807) is 24.4 Å². The Balaban J connectivity index is 1.49. The van der Waals surface area contributed by atoms with Crippen LogP contribution < -0.4 is 19.5 Å². The van der Waals surface area contributed by atoms with E-state index in [2.05, 4.69) is 16.4 Å². The lowest BCUT2D eigenvalue weighted by Crippen LogP contribution is -2.35. The van der Waals surface area contributed by atoms with Gasteiger partial charge in [0.15, 0.2) is 0 Å². The molecule has 0 fully saturated rings. The maximum atomic E-state index is 9.64. The van der Waals surface area contributed by atoms with Crippen LogP contribution in [-0.2, 0) is 19.8 Å². The van der Waals surface area contributed by atoms with Gasteiger partial charge in [0.05, 0.1) is 54.2 Å². The van der Waals surface area contributed by atoms with Crippen LogP contribution in [0.15, 0.2) is 67.0 Å². The summed E-state index contributed by atoms with van der Waals surface area (Å²) in [5.74, 6) is 1.44. The number of hydrogen-bond donors (Lipinski definition) is 5. The van der Waals surface area contributed by atoms with Gasteiger partial charge in [-0.05, 0) is 55.3 Å². The van der Waals surface area contributed by atoms with E-state index in [0.29, 0.717) is 70.1 Å². The van der Waals surface area contributed by atoms with E-state index in [0.717, 1.165) is 22.3 Å². The molecule has 4 rings (SSSR count). The Morgan fingerprint density at radius 1 is 0.882 bits per heavy atom. The van der Waals surface area contributed by atoms with Gasteiger partial charge in [-0.15, -0.1) is 0 Å². The van der Waals surface area contributed by atoms with Crippen LogP contribution in [0.25, 0.3) is 11.1 Å². The summed E-state index contributed by atoms with van der Waals surface area (Å²) in [5, 5.41) is 50.9. The van der Waals surface area contributed by atoms with Gasteiger partial charge in [-0.3, -0.25) is 4.98 Å². The number of rotatable bonds is 20. The molecule has 0 spiro atoms. The summed E-state index contributed by atoms with van der Waals surface area (Å²) in [4.78, 5) is 6.04. The number of pyridine rings is 1. The predicted molar refractivity (Wildman–Crippen MR) is 196 cm³/mol. The molecule has 3 aromatic carbocycles. The monoisotopic (exact) mass is 738 g/mol. The predicted octanol–water partition coefficient (Wildman–Crippen LogP) is 4.89. The van der Waals surface area contributed by atoms with Gasteiger partial charge in [0, 0.05) is 54.8 Å². The first-order valence-electron chi connectivity index (χ1n) is 16.5. The zero-order chi connectivity index (χ0) is 36.8. The minimum atomic E-state index is -0.773. The molecule has 0 amide bonds. The van der Waals surface area contributed by atoms with E-state index < -0.39 is 12.1 Å². The van der Waals surface area contributed by atoms with Gasteiger partial charge in [-0.2, -0.15) is 5.26 Å². The van der Waals surface area contributed by atoms with E-state index in [1.165, 1.54) is 6.20 Å². The highest BCUT2D eigenvalue weighted by Gasteiger charge is 2.17. The molecule has 0 saturated heterocycles. The van der Waals surface area contributed by atoms with Crippen LogP contribution in [0.4, 0.5) is 0 Å². The fourth-order valence-electron chi connectivity index (χ4n) is 5.33. The van der Waals surface area contributed by atoms with Gasteiger partial charge in [0.1, 0.15) is 36.5 Å². The summed E-state index contributed by atoms with van der Waals surface area (Å²) >= 11 is 13.6. The highest BCUT2D eigenvalue weighted by molar-refractivity contribution is 6.35. The first kappa shape index (κ1) is 39.8. The second kappa shape index (κ2) is 20.2. The molecule has 1 atom stereocenters. The van der Waals surface area contributed by atoms with Crippen molar-refractivity contribution in [1.82, 2.24) is 15.2 Å². The van der Waals surface area contributed by atoms with Gasteiger partial charge in [0.25, 0.3) is 0 Å². The third-order valence-electron chi connectivity index (χ3n) is 8.21. The van der Waals surface area contributed by atoms with Gasteiger partial charge in [0.2, 0.25) is 0 Å². The lowest BCUT2D eigenvalue weighted by Gasteiger charge is -2.20. The molecule has 4 aromatic rings. The van der Waals surface area contributed by atoms with Crippen molar-refractivity contribution in [2.45, 2.75) is 45.2 Å². The van der Waals surface area contributed by atoms with Crippen LogP contribution in [0, 0.1) is 18.3 Å². The Kier molecular flexibility index (Phi) is 15.8. The summed E-state index contributed by atoms with van der Waals surface area (Å²) in [5.41, 5.74) is 5.45. The average molecular weight is 740 g/mol. The number of halogens is 2. The first-order chi connectivity index (χ1) is 24.7. The van der Waals surface area contributed by atoms with Crippen LogP contribution >= 0.6 is 23.2 Å². The largest absolute Gasteiger partial charge is 0.492 e. The topological polar surface area (TPSA) is 161 Å². The van der Waals surface area contributed by atoms with E-state index in [1.807, 2.05) is 55.3 Å². The Bertz CT molecular complexity index is 1770. The summed E-state index contributed by atoms with van der Waals surface area (Å²) in [6, 6.07) is 18.3. The molecular formula is C38H44Cl2N4O7. The zero-order valence-corrected chi connectivity index (χ0v) is 30.2. The number of aliphatic hydroxyl groups excluding tert-OH is 4. The molecule has 51 heavy (non-hydrogen) atoms. The molecule has 5 N–H and O–H groups in total. The van der Waals surface area contributed by atoms with Gasteiger partial charge in [-0.1, -0.05) is 53.5 Å². The van der Waals surface area contributed by atoms with E-state index in [9.17, 15) is 20.6 Å². The molecule has 1 unspecified atom stereocenters. The second-order valence-corrected chi connectivity index (χ2v) is 12.9. The fraction of sp³-hybridized carbons (Fsp3) is 0.368. The Morgan fingerprint density at radius 2 is 1.63 bits per heavy atom. The number of ether oxygens (including phenoxy) is 3. The highest BCUT2D eigenvalue weighted by atomic mass is 35.5. The molecule has 1 heterocycles. The van der Waals surface area contributed by atoms with Gasteiger partial charge in [-0.25, -0.2) is 0 Å². The van der Waals surface area contributed by atoms with Crippen molar-refractivity contribution < 1.29 is 34.6 Å². The Hall–Kier alpha value is -3.96. The number of nitrogens with one attached hydrogen (secondary N) is 1. The van der Waals surface area contributed by atoms with Gasteiger partial charge >= 0.3 is 0 Å². The number of nitriles is 1. The third-order valence-corrected chi connectivity index (χ3v) is 8.90. The van der Waals surface area contributed by atoms with E-state index in [-0.39, 0.29) is 39.6 Å². The molecule has 13 heteroatoms. The summed E-state index contributed by atoms with van der Waals surface area (Å²) in [6.07, 6.45) is 3.04. The Morgan fingerprint density at radius 3 is 2.37 bits per heavy atom. The molecular weight excluding hydrogens is 695 g/mol. The van der Waals surface area contributed by atoms with Crippen LogP contribution in [0.2, 0.25) is 10.0 Å². The quantitative estimate of drug-likeness (QED) is 0.0786.